The van der Waals surface area contributed by atoms with Crippen molar-refractivity contribution in [3.05, 3.63) is 89.0 Å². The second-order valence-corrected chi connectivity index (χ2v) is 7.44. The molecule has 4 rings (SSSR count). The van der Waals surface area contributed by atoms with Crippen LogP contribution in [0.4, 0.5) is 0 Å². The third-order valence-corrected chi connectivity index (χ3v) is 5.31. The number of rotatable bonds is 7. The maximum atomic E-state index is 13.3. The molecule has 0 atom stereocenters. The summed E-state index contributed by atoms with van der Waals surface area (Å²) in [5.74, 6) is -3.44. The number of aromatic amines is 1. The Labute approximate surface area is 183 Å². The Balaban J connectivity index is 1.80. The minimum atomic E-state index is -1.38. The molecule has 0 amide bonds. The Morgan fingerprint density at radius 3 is 2.50 bits per heavy atom. The van der Waals surface area contributed by atoms with Gasteiger partial charge in [-0.1, -0.05) is 60.2 Å². The van der Waals surface area contributed by atoms with Gasteiger partial charge in [0.2, 0.25) is 17.3 Å². The minimum Gasteiger partial charge on any atom is -0.504 e. The average molecular weight is 431 g/mol. The first-order valence-corrected chi connectivity index (χ1v) is 9.97. The summed E-state index contributed by atoms with van der Waals surface area (Å²) in [6, 6.07) is 13.9. The van der Waals surface area contributed by atoms with Crippen LogP contribution >= 0.6 is 0 Å². The van der Waals surface area contributed by atoms with Crippen LogP contribution in [0.3, 0.4) is 0 Å². The topological polar surface area (TPSA) is 124 Å². The number of aromatic nitrogens is 1. The van der Waals surface area contributed by atoms with Gasteiger partial charge in [0.25, 0.3) is 0 Å². The number of para-hydroxylation sites is 1. The molecule has 4 N–H and O–H groups in total. The highest BCUT2D eigenvalue weighted by Crippen LogP contribution is 2.40. The summed E-state index contributed by atoms with van der Waals surface area (Å²) in [4.78, 5) is 28.1. The van der Waals surface area contributed by atoms with E-state index in [1.54, 1.807) is 36.4 Å². The fourth-order valence-electron chi connectivity index (χ4n) is 3.65. The molecule has 32 heavy (non-hydrogen) atoms. The fourth-order valence-corrected chi connectivity index (χ4v) is 3.65. The number of carboxylic acid groups (broad SMARTS) is 1. The van der Waals surface area contributed by atoms with Crippen LogP contribution in [0.1, 0.15) is 39.2 Å². The molecular formula is C25H21NO6. The minimum absolute atomic E-state index is 0.0299. The van der Waals surface area contributed by atoms with Crippen LogP contribution in [-0.2, 0) is 6.42 Å². The predicted octanol–water partition coefficient (Wildman–Crippen LogP) is 4.54. The number of hydrogen-bond donors (Lipinski definition) is 4. The van der Waals surface area contributed by atoms with Crippen LogP contribution in [0.25, 0.3) is 22.0 Å². The number of aliphatic hydroxyl groups excluding tert-OH is 1. The lowest BCUT2D eigenvalue weighted by Gasteiger charge is -2.02. The molecule has 2 aromatic carbocycles. The van der Waals surface area contributed by atoms with Crippen LogP contribution < -0.4 is 0 Å². The van der Waals surface area contributed by atoms with E-state index < -0.39 is 29.0 Å². The summed E-state index contributed by atoms with van der Waals surface area (Å²) in [7, 11) is 0. The second kappa shape index (κ2) is 8.56. The fraction of sp³-hybridized carbons (Fsp3) is 0.120. The van der Waals surface area contributed by atoms with Crippen molar-refractivity contribution in [2.45, 2.75) is 13.3 Å². The van der Waals surface area contributed by atoms with E-state index in [0.29, 0.717) is 17.4 Å². The third kappa shape index (κ3) is 3.70. The molecule has 2 heterocycles. The van der Waals surface area contributed by atoms with Gasteiger partial charge in [0.1, 0.15) is 0 Å². The number of hydrogen-bond acceptors (Lipinski definition) is 5. The van der Waals surface area contributed by atoms with E-state index in [2.05, 4.69) is 4.98 Å². The number of nitrogens with one attached hydrogen (secondary N) is 1. The summed E-state index contributed by atoms with van der Waals surface area (Å²) in [6.45, 7) is 1.80. The molecule has 0 aliphatic heterocycles. The maximum Gasteiger partial charge on any atom is 0.372 e. The van der Waals surface area contributed by atoms with E-state index >= 15 is 0 Å². The molecule has 0 aliphatic rings. The number of aromatic carboxylic acids is 1. The van der Waals surface area contributed by atoms with Crippen LogP contribution in [0.2, 0.25) is 0 Å². The van der Waals surface area contributed by atoms with Gasteiger partial charge in [0, 0.05) is 17.1 Å². The molecule has 2 aromatic heterocycles. The quantitative estimate of drug-likeness (QED) is 0.252. The zero-order valence-electron chi connectivity index (χ0n) is 17.3. The van der Waals surface area contributed by atoms with Gasteiger partial charge in [-0.25, -0.2) is 4.79 Å². The first kappa shape index (κ1) is 21.1. The Morgan fingerprint density at radius 1 is 1.06 bits per heavy atom. The lowest BCUT2D eigenvalue weighted by molar-refractivity contribution is 0.0661. The van der Waals surface area contributed by atoms with Gasteiger partial charge in [-0.3, -0.25) is 4.79 Å². The molecule has 0 saturated heterocycles. The number of aliphatic hydroxyl groups is 1. The van der Waals surface area contributed by atoms with Gasteiger partial charge in [-0.15, -0.1) is 0 Å². The van der Waals surface area contributed by atoms with Gasteiger partial charge < -0.3 is 24.7 Å². The smallest absolute Gasteiger partial charge is 0.372 e. The van der Waals surface area contributed by atoms with Gasteiger partial charge in [-0.05, 0) is 24.5 Å². The van der Waals surface area contributed by atoms with E-state index in [0.717, 1.165) is 16.7 Å². The number of furan rings is 1. The average Bonchev–Trinajstić information content (AvgIpc) is 3.39. The van der Waals surface area contributed by atoms with Crippen molar-refractivity contribution in [1.29, 1.82) is 0 Å². The van der Waals surface area contributed by atoms with Crippen molar-refractivity contribution in [3.8, 4) is 16.9 Å². The van der Waals surface area contributed by atoms with Gasteiger partial charge in [-0.2, -0.15) is 0 Å². The van der Waals surface area contributed by atoms with E-state index in [1.165, 1.54) is 6.20 Å². The molecule has 0 radical (unpaired) electrons. The van der Waals surface area contributed by atoms with Crippen LogP contribution in [0, 0.1) is 0 Å². The number of carbonyl (C=O) groups excluding carboxylic acids is 1. The van der Waals surface area contributed by atoms with Gasteiger partial charge in [0.15, 0.2) is 5.75 Å². The van der Waals surface area contributed by atoms with E-state index in [1.807, 2.05) is 25.1 Å². The highest BCUT2D eigenvalue weighted by atomic mass is 16.4. The normalized spacial score (nSPS) is 11.8. The molecule has 7 heteroatoms. The largest absolute Gasteiger partial charge is 0.504 e. The number of carboxylic acids is 1. The highest BCUT2D eigenvalue weighted by molar-refractivity contribution is 6.18. The predicted molar refractivity (Wildman–Crippen MR) is 119 cm³/mol. The monoisotopic (exact) mass is 431 g/mol. The summed E-state index contributed by atoms with van der Waals surface area (Å²) in [6.07, 6.45) is 3.98. The van der Waals surface area contributed by atoms with Crippen LogP contribution in [-0.4, -0.2) is 38.7 Å². The number of fused-ring (bicyclic) bond motifs is 1. The van der Waals surface area contributed by atoms with Crippen molar-refractivity contribution >= 4 is 22.7 Å². The Kier molecular flexibility index (Phi) is 5.66. The van der Waals surface area contributed by atoms with Crippen molar-refractivity contribution in [2.75, 3.05) is 6.61 Å². The van der Waals surface area contributed by atoms with E-state index in [-0.39, 0.29) is 17.7 Å². The Bertz CT molecular complexity index is 1340. The zero-order valence-corrected chi connectivity index (χ0v) is 17.3. The summed E-state index contributed by atoms with van der Waals surface area (Å²) >= 11 is 0. The zero-order chi connectivity index (χ0) is 22.8. The van der Waals surface area contributed by atoms with Crippen molar-refractivity contribution in [2.24, 2.45) is 0 Å². The van der Waals surface area contributed by atoms with Crippen molar-refractivity contribution in [1.82, 2.24) is 4.98 Å². The number of benzene rings is 2. The summed E-state index contributed by atoms with van der Waals surface area (Å²) in [5.41, 5.74) is 3.15. The SMILES string of the molecule is C/C(=C\Cc1cccc2c(C(=O)c3oc(C(=O)O)c(-c4ccccc4)c3O)c[nH]c12)CO. The standard InChI is InChI=1S/C25H21NO6/c1-14(13-27)10-11-16-8-5-9-17-18(12-26-20(16)17)21(28)24-22(29)19(23(32-24)25(30)31)15-6-3-2-4-7-15/h2-10,12,26-27,29H,11,13H2,1H3,(H,30,31)/b14-10+. The third-order valence-electron chi connectivity index (χ3n) is 5.31. The van der Waals surface area contributed by atoms with E-state index in [4.69, 9.17) is 4.42 Å². The molecule has 7 nitrogen and oxygen atoms in total. The van der Waals surface area contributed by atoms with Crippen LogP contribution in [0.15, 0.2) is 70.8 Å². The second-order valence-electron chi connectivity index (χ2n) is 7.44. The summed E-state index contributed by atoms with van der Waals surface area (Å²) in [5, 5.41) is 30.2. The van der Waals surface area contributed by atoms with E-state index in [9.17, 15) is 24.9 Å². The summed E-state index contributed by atoms with van der Waals surface area (Å²) < 4.78 is 5.37. The molecule has 0 fully saturated rings. The lowest BCUT2D eigenvalue weighted by atomic mass is 10.0. The molecule has 4 aromatic rings. The number of H-pyrrole nitrogens is 1. The number of carbonyl (C=O) groups is 2. The Morgan fingerprint density at radius 2 is 1.81 bits per heavy atom. The molecule has 162 valence electrons. The maximum absolute atomic E-state index is 13.3. The molecule has 0 aliphatic carbocycles. The molecule has 0 unspecified atom stereocenters. The molecule has 0 bridgehead atoms. The highest BCUT2D eigenvalue weighted by Gasteiger charge is 2.31. The Hall–Kier alpha value is -4.10. The number of allylic oxidation sites excluding steroid dienone is 1. The number of aromatic hydroxyl groups is 1. The van der Waals surface area contributed by atoms with Gasteiger partial charge >= 0.3 is 5.97 Å². The molecule has 0 saturated carbocycles. The van der Waals surface area contributed by atoms with Crippen LogP contribution in [0.5, 0.6) is 5.75 Å². The first-order chi connectivity index (χ1) is 15.4. The van der Waals surface area contributed by atoms with Crippen molar-refractivity contribution in [3.63, 3.8) is 0 Å². The molecular weight excluding hydrogens is 410 g/mol. The lowest BCUT2D eigenvalue weighted by Crippen LogP contribution is -1.99. The molecule has 0 spiro atoms. The van der Waals surface area contributed by atoms with Gasteiger partial charge in [0.05, 0.1) is 17.7 Å². The van der Waals surface area contributed by atoms with Crippen molar-refractivity contribution < 1.29 is 29.3 Å². The number of ketones is 1. The first-order valence-electron chi connectivity index (χ1n) is 9.97.